The minimum atomic E-state index is -0.0463. The van der Waals surface area contributed by atoms with Crippen LogP contribution in [0.2, 0.25) is 4.34 Å². The van der Waals surface area contributed by atoms with Crippen LogP contribution in [0.15, 0.2) is 12.1 Å². The van der Waals surface area contributed by atoms with Crippen LogP contribution in [-0.2, 0) is 11.3 Å². The number of thiophene rings is 1. The molecule has 0 radical (unpaired) electrons. The number of carbonyl (C=O) groups excluding carboxylic acids is 1. The molecule has 1 heterocycles. The van der Waals surface area contributed by atoms with E-state index in [1.165, 1.54) is 11.3 Å². The van der Waals surface area contributed by atoms with Crippen LogP contribution in [-0.4, -0.2) is 41.9 Å². The first-order chi connectivity index (χ1) is 10.6. The van der Waals surface area contributed by atoms with Crippen molar-refractivity contribution >= 4 is 28.8 Å². The fraction of sp³-hybridized carbons (Fsp3) is 0.533. The highest BCUT2D eigenvalue weighted by molar-refractivity contribution is 7.16. The van der Waals surface area contributed by atoms with E-state index in [0.717, 1.165) is 15.8 Å². The van der Waals surface area contributed by atoms with Crippen molar-refractivity contribution in [3.05, 3.63) is 21.3 Å². The molecule has 0 saturated carbocycles. The highest BCUT2D eigenvalue weighted by Crippen LogP contribution is 2.22. The van der Waals surface area contributed by atoms with Gasteiger partial charge in [-0.2, -0.15) is 10.5 Å². The Bertz CT molecular complexity index is 543. The van der Waals surface area contributed by atoms with Gasteiger partial charge in [0.1, 0.15) is 0 Å². The normalized spacial score (nSPS) is 10.2. The lowest BCUT2D eigenvalue weighted by atomic mass is 10.3. The van der Waals surface area contributed by atoms with Gasteiger partial charge in [-0.1, -0.05) is 18.5 Å². The molecule has 118 valence electrons. The van der Waals surface area contributed by atoms with Crippen LogP contribution in [0.5, 0.6) is 0 Å². The van der Waals surface area contributed by atoms with Crippen molar-refractivity contribution in [1.29, 1.82) is 10.5 Å². The molecule has 0 aromatic carbocycles. The fourth-order valence-electron chi connectivity index (χ4n) is 1.96. The van der Waals surface area contributed by atoms with Gasteiger partial charge in [-0.05, 0) is 18.7 Å². The number of likely N-dealkylation sites (N-methyl/N-ethyl adjacent to an activating group) is 1. The Morgan fingerprint density at radius 2 is 1.91 bits per heavy atom. The van der Waals surface area contributed by atoms with Crippen molar-refractivity contribution in [3.63, 3.8) is 0 Å². The third-order valence-corrected chi connectivity index (χ3v) is 4.37. The molecular formula is C15H19ClN4OS. The molecule has 0 unspecified atom stereocenters. The first-order valence-corrected chi connectivity index (χ1v) is 8.28. The van der Waals surface area contributed by atoms with Crippen LogP contribution >= 0.6 is 22.9 Å². The number of hydrogen-bond donors (Lipinski definition) is 0. The number of rotatable bonds is 9. The quantitative estimate of drug-likeness (QED) is 0.694. The van der Waals surface area contributed by atoms with Gasteiger partial charge in [-0.3, -0.25) is 9.69 Å². The summed E-state index contributed by atoms with van der Waals surface area (Å²) in [4.78, 5) is 17.1. The summed E-state index contributed by atoms with van der Waals surface area (Å²) in [6, 6.07) is 7.88. The molecule has 0 spiro atoms. The largest absolute Gasteiger partial charge is 0.340 e. The molecule has 0 aliphatic heterocycles. The summed E-state index contributed by atoms with van der Waals surface area (Å²) in [5.41, 5.74) is 0. The lowest BCUT2D eigenvalue weighted by molar-refractivity contribution is -0.132. The smallest absolute Gasteiger partial charge is 0.236 e. The third-order valence-electron chi connectivity index (χ3n) is 3.15. The van der Waals surface area contributed by atoms with E-state index in [9.17, 15) is 4.79 Å². The van der Waals surface area contributed by atoms with Gasteiger partial charge in [0, 0.05) is 24.5 Å². The zero-order valence-corrected chi connectivity index (χ0v) is 14.2. The fourth-order valence-corrected chi connectivity index (χ4v) is 3.09. The maximum absolute atomic E-state index is 12.4. The molecule has 0 saturated heterocycles. The molecular weight excluding hydrogens is 320 g/mol. The van der Waals surface area contributed by atoms with E-state index in [-0.39, 0.29) is 25.3 Å². The second-order valence-corrected chi connectivity index (χ2v) is 6.51. The molecule has 22 heavy (non-hydrogen) atoms. The zero-order chi connectivity index (χ0) is 16.4. The summed E-state index contributed by atoms with van der Waals surface area (Å²) in [6.07, 6.45) is 0.563. The van der Waals surface area contributed by atoms with Crippen LogP contribution in [0.25, 0.3) is 0 Å². The van der Waals surface area contributed by atoms with Crippen molar-refractivity contribution < 1.29 is 4.79 Å². The van der Waals surface area contributed by atoms with E-state index in [0.29, 0.717) is 19.6 Å². The van der Waals surface area contributed by atoms with Gasteiger partial charge in [0.15, 0.2) is 0 Å². The summed E-state index contributed by atoms with van der Waals surface area (Å²) < 4.78 is 0.738. The summed E-state index contributed by atoms with van der Waals surface area (Å²) in [6.45, 7) is 4.44. The molecule has 1 rings (SSSR count). The number of nitriles is 2. The second kappa shape index (κ2) is 10.2. The van der Waals surface area contributed by atoms with Crippen LogP contribution < -0.4 is 0 Å². The van der Waals surface area contributed by atoms with Gasteiger partial charge in [0.25, 0.3) is 0 Å². The number of halogens is 1. The molecule has 1 amide bonds. The molecule has 0 bridgehead atoms. The highest BCUT2D eigenvalue weighted by Gasteiger charge is 2.17. The number of carbonyl (C=O) groups is 1. The number of nitrogens with zero attached hydrogens (tertiary/aromatic N) is 4. The van der Waals surface area contributed by atoms with Gasteiger partial charge in [-0.15, -0.1) is 11.3 Å². The lowest BCUT2D eigenvalue weighted by Crippen LogP contribution is -2.41. The summed E-state index contributed by atoms with van der Waals surface area (Å²) >= 11 is 7.43. The Morgan fingerprint density at radius 3 is 2.36 bits per heavy atom. The average Bonchev–Trinajstić information content (AvgIpc) is 2.91. The SMILES string of the molecule is CCN(CC(=O)N(CCC#N)CCC#N)Cc1ccc(Cl)s1. The van der Waals surface area contributed by atoms with Crippen molar-refractivity contribution in [2.45, 2.75) is 26.3 Å². The average molecular weight is 339 g/mol. The van der Waals surface area contributed by atoms with Crippen molar-refractivity contribution in [2.75, 3.05) is 26.2 Å². The standard InChI is InChI=1S/C15H19ClN4OS/c1-2-19(11-13-5-6-14(16)22-13)12-15(21)20(9-3-7-17)10-4-8-18/h5-6H,2-4,9-12H2,1H3. The van der Waals surface area contributed by atoms with Crippen LogP contribution in [0.1, 0.15) is 24.6 Å². The number of amides is 1. The summed E-state index contributed by atoms with van der Waals surface area (Å²) in [5.74, 6) is -0.0463. The molecule has 1 aromatic rings. The summed E-state index contributed by atoms with van der Waals surface area (Å²) in [7, 11) is 0. The van der Waals surface area contributed by atoms with Crippen molar-refractivity contribution in [2.24, 2.45) is 0 Å². The van der Waals surface area contributed by atoms with Crippen LogP contribution in [0, 0.1) is 22.7 Å². The minimum absolute atomic E-state index is 0.0463. The molecule has 5 nitrogen and oxygen atoms in total. The Hall–Kier alpha value is -1.60. The van der Waals surface area contributed by atoms with E-state index < -0.39 is 0 Å². The molecule has 0 atom stereocenters. The molecule has 0 fully saturated rings. The monoisotopic (exact) mass is 338 g/mol. The minimum Gasteiger partial charge on any atom is -0.340 e. The van der Waals surface area contributed by atoms with Gasteiger partial charge in [-0.25, -0.2) is 0 Å². The zero-order valence-electron chi connectivity index (χ0n) is 12.6. The molecule has 1 aromatic heterocycles. The number of hydrogen-bond acceptors (Lipinski definition) is 5. The van der Waals surface area contributed by atoms with E-state index in [4.69, 9.17) is 22.1 Å². The Balaban J connectivity index is 2.60. The first-order valence-electron chi connectivity index (χ1n) is 7.09. The van der Waals surface area contributed by atoms with E-state index >= 15 is 0 Å². The predicted molar refractivity (Wildman–Crippen MR) is 87.3 cm³/mol. The first kappa shape index (κ1) is 18.4. The van der Waals surface area contributed by atoms with E-state index in [1.807, 2.05) is 36.1 Å². The highest BCUT2D eigenvalue weighted by atomic mass is 35.5. The molecule has 0 aliphatic carbocycles. The van der Waals surface area contributed by atoms with E-state index in [2.05, 4.69) is 0 Å². The van der Waals surface area contributed by atoms with Crippen molar-refractivity contribution in [1.82, 2.24) is 9.80 Å². The molecule has 7 heteroatoms. The van der Waals surface area contributed by atoms with Crippen LogP contribution in [0.3, 0.4) is 0 Å². The Labute approximate surface area is 140 Å². The third kappa shape index (κ3) is 6.44. The maximum Gasteiger partial charge on any atom is 0.236 e. The van der Waals surface area contributed by atoms with Crippen LogP contribution in [0.4, 0.5) is 0 Å². The lowest BCUT2D eigenvalue weighted by Gasteiger charge is -2.25. The Kier molecular flexibility index (Phi) is 8.54. The topological polar surface area (TPSA) is 71.1 Å². The van der Waals surface area contributed by atoms with Gasteiger partial charge in [0.2, 0.25) is 5.91 Å². The van der Waals surface area contributed by atoms with Gasteiger partial charge in [0.05, 0.1) is 35.9 Å². The van der Waals surface area contributed by atoms with Gasteiger partial charge < -0.3 is 4.90 Å². The predicted octanol–water partition coefficient (Wildman–Crippen LogP) is 2.88. The van der Waals surface area contributed by atoms with E-state index in [1.54, 1.807) is 4.90 Å². The van der Waals surface area contributed by atoms with Gasteiger partial charge >= 0.3 is 0 Å². The molecule has 0 N–H and O–H groups in total. The second-order valence-electron chi connectivity index (χ2n) is 4.71. The maximum atomic E-state index is 12.4. The molecule has 0 aliphatic rings. The Morgan fingerprint density at radius 1 is 1.27 bits per heavy atom. The van der Waals surface area contributed by atoms with Crippen molar-refractivity contribution in [3.8, 4) is 12.1 Å². The summed E-state index contributed by atoms with van der Waals surface area (Å²) in [5, 5.41) is 17.3.